The lowest BCUT2D eigenvalue weighted by Crippen LogP contribution is -1.98. The van der Waals surface area contributed by atoms with Crippen molar-refractivity contribution in [1.29, 1.82) is 0 Å². The van der Waals surface area contributed by atoms with Gasteiger partial charge in [-0.25, -0.2) is 0 Å². The number of halogens is 5. The first-order chi connectivity index (χ1) is 7.04. The highest BCUT2D eigenvalue weighted by molar-refractivity contribution is 9.11. The van der Waals surface area contributed by atoms with Crippen molar-refractivity contribution in [2.75, 3.05) is 6.61 Å². The number of rotatable bonds is 3. The molecule has 0 aliphatic rings. The van der Waals surface area contributed by atoms with Crippen molar-refractivity contribution in [3.63, 3.8) is 0 Å². The van der Waals surface area contributed by atoms with Gasteiger partial charge < -0.3 is 4.74 Å². The van der Waals surface area contributed by atoms with Crippen molar-refractivity contribution in [1.82, 2.24) is 0 Å². The van der Waals surface area contributed by atoms with E-state index in [1.165, 1.54) is 5.54 Å². The highest BCUT2D eigenvalue weighted by Gasteiger charge is 2.08. The summed E-state index contributed by atoms with van der Waals surface area (Å²) in [5.41, 5.74) is 1.28. The highest BCUT2D eigenvalue weighted by atomic mass is 79.9. The van der Waals surface area contributed by atoms with E-state index in [4.69, 9.17) is 27.9 Å². The molecule has 15 heavy (non-hydrogen) atoms. The second-order valence-corrected chi connectivity index (χ2v) is 5.87. The van der Waals surface area contributed by atoms with Gasteiger partial charge in [-0.05, 0) is 44.0 Å². The van der Waals surface area contributed by atoms with Crippen molar-refractivity contribution in [3.8, 4) is 5.75 Å². The van der Waals surface area contributed by atoms with E-state index in [0.717, 1.165) is 13.4 Å². The Balaban J connectivity index is 2.86. The van der Waals surface area contributed by atoms with Crippen LogP contribution >= 0.6 is 71.0 Å². The van der Waals surface area contributed by atoms with E-state index in [1.807, 2.05) is 12.1 Å². The number of hydrogen-bond donors (Lipinski definition) is 0. The molecule has 0 aliphatic heterocycles. The van der Waals surface area contributed by atoms with Gasteiger partial charge in [0.1, 0.15) is 12.4 Å². The zero-order valence-corrected chi connectivity index (χ0v) is 13.5. The lowest BCUT2D eigenvalue weighted by molar-refractivity contribution is 0.355. The van der Waals surface area contributed by atoms with Crippen LogP contribution in [-0.4, -0.2) is 6.61 Å². The van der Waals surface area contributed by atoms with E-state index < -0.39 is 0 Å². The lowest BCUT2D eigenvalue weighted by Gasteiger charge is -2.09. The quantitative estimate of drug-likeness (QED) is 0.589. The van der Waals surface area contributed by atoms with E-state index in [-0.39, 0.29) is 6.61 Å². The summed E-state index contributed by atoms with van der Waals surface area (Å²) < 4.78 is 8.10. The highest BCUT2D eigenvalue weighted by Crippen LogP contribution is 2.36. The molecular formula is C9H5Br3Cl2O. The van der Waals surface area contributed by atoms with E-state index in [0.29, 0.717) is 10.8 Å². The average molecular weight is 440 g/mol. The van der Waals surface area contributed by atoms with Crippen molar-refractivity contribution in [2.45, 2.75) is 0 Å². The minimum absolute atomic E-state index is 0.240. The van der Waals surface area contributed by atoms with Crippen LogP contribution in [0.15, 0.2) is 36.1 Å². The summed E-state index contributed by atoms with van der Waals surface area (Å²) >= 11 is 21.3. The maximum Gasteiger partial charge on any atom is 0.148 e. The van der Waals surface area contributed by atoms with Crippen LogP contribution in [0.1, 0.15) is 0 Å². The largest absolute Gasteiger partial charge is 0.486 e. The first-order valence-corrected chi connectivity index (χ1v) is 6.96. The van der Waals surface area contributed by atoms with Crippen LogP contribution in [0.3, 0.4) is 0 Å². The van der Waals surface area contributed by atoms with Crippen molar-refractivity contribution < 1.29 is 4.74 Å². The third-order valence-electron chi connectivity index (χ3n) is 1.44. The Morgan fingerprint density at radius 3 is 2.27 bits per heavy atom. The summed E-state index contributed by atoms with van der Waals surface area (Å²) in [4.78, 5) is 0. The molecule has 6 heteroatoms. The fraction of sp³-hybridized carbons (Fsp3) is 0.111. The normalized spacial score (nSPS) is 11.7. The van der Waals surface area contributed by atoms with Crippen LogP contribution in [0.4, 0.5) is 0 Å². The molecule has 1 rings (SSSR count). The van der Waals surface area contributed by atoms with Gasteiger partial charge in [0.25, 0.3) is 0 Å². The number of ether oxygens (including phenoxy) is 1. The third kappa shape index (κ3) is 4.27. The molecule has 0 N–H and O–H groups in total. The molecule has 1 aromatic carbocycles. The summed E-state index contributed by atoms with van der Waals surface area (Å²) in [6, 6.07) is 3.77. The van der Waals surface area contributed by atoms with Gasteiger partial charge in [0, 0.05) is 10.0 Å². The van der Waals surface area contributed by atoms with E-state index in [2.05, 4.69) is 47.8 Å². The molecule has 0 saturated carbocycles. The number of benzene rings is 1. The summed E-state index contributed by atoms with van der Waals surface area (Å²) in [5, 5.41) is 0.443. The van der Waals surface area contributed by atoms with Gasteiger partial charge in [-0.1, -0.05) is 39.1 Å². The van der Waals surface area contributed by atoms with Gasteiger partial charge >= 0.3 is 0 Å². The van der Waals surface area contributed by atoms with Crippen molar-refractivity contribution >= 4 is 71.0 Å². The standard InChI is InChI=1S/C9H5Br3Cl2O/c10-5-1-7(11)9(8(12)2-5)15-4-6(14)3-13/h1-3H,4H2. The minimum atomic E-state index is 0.240. The fourth-order valence-electron chi connectivity index (χ4n) is 0.839. The van der Waals surface area contributed by atoms with E-state index in [1.54, 1.807) is 0 Å². The molecule has 0 amide bonds. The molecule has 0 saturated heterocycles. The van der Waals surface area contributed by atoms with Crippen molar-refractivity contribution in [3.05, 3.63) is 36.1 Å². The Labute approximate surface area is 123 Å². The minimum Gasteiger partial charge on any atom is -0.486 e. The Kier molecular flexibility index (Phi) is 6.00. The maximum absolute atomic E-state index is 5.72. The predicted molar refractivity (Wildman–Crippen MR) is 74.8 cm³/mol. The van der Waals surface area contributed by atoms with Crippen LogP contribution in [0.5, 0.6) is 5.75 Å². The molecule has 0 aliphatic carbocycles. The van der Waals surface area contributed by atoms with Crippen LogP contribution in [0.2, 0.25) is 0 Å². The van der Waals surface area contributed by atoms with Crippen LogP contribution in [-0.2, 0) is 0 Å². The van der Waals surface area contributed by atoms with Crippen molar-refractivity contribution in [2.24, 2.45) is 0 Å². The second-order valence-electron chi connectivity index (χ2n) is 2.54. The molecular weight excluding hydrogens is 435 g/mol. The van der Waals surface area contributed by atoms with Gasteiger partial charge in [0.2, 0.25) is 0 Å². The molecule has 0 unspecified atom stereocenters. The molecule has 0 heterocycles. The SMILES string of the molecule is ClC=C(Cl)COc1c(Br)cc(Br)cc1Br. The predicted octanol–water partition coefficient (Wildman–Crippen LogP) is 5.67. The van der Waals surface area contributed by atoms with Crippen LogP contribution in [0.25, 0.3) is 0 Å². The first kappa shape index (κ1) is 13.8. The second kappa shape index (κ2) is 6.50. The molecule has 0 fully saturated rings. The van der Waals surface area contributed by atoms with Gasteiger partial charge in [-0.2, -0.15) is 0 Å². The summed E-state index contributed by atoms with van der Waals surface area (Å²) in [5.74, 6) is 0.690. The van der Waals surface area contributed by atoms with Gasteiger partial charge in [-0.3, -0.25) is 0 Å². The van der Waals surface area contributed by atoms with Gasteiger partial charge in [0.05, 0.1) is 14.0 Å². The maximum atomic E-state index is 5.72. The van der Waals surface area contributed by atoms with E-state index in [9.17, 15) is 0 Å². The fourth-order valence-corrected chi connectivity index (χ4v) is 3.44. The van der Waals surface area contributed by atoms with E-state index >= 15 is 0 Å². The average Bonchev–Trinajstić information content (AvgIpc) is 2.15. The molecule has 0 spiro atoms. The number of hydrogen-bond acceptors (Lipinski definition) is 1. The van der Waals surface area contributed by atoms with Gasteiger partial charge in [-0.15, -0.1) is 0 Å². The Hall–Kier alpha value is 0.780. The topological polar surface area (TPSA) is 9.23 Å². The molecule has 1 aromatic rings. The zero-order valence-electron chi connectivity index (χ0n) is 7.24. The van der Waals surface area contributed by atoms with Crippen LogP contribution in [0, 0.1) is 0 Å². The third-order valence-corrected chi connectivity index (χ3v) is 3.67. The first-order valence-electron chi connectivity index (χ1n) is 3.76. The van der Waals surface area contributed by atoms with Crippen LogP contribution < -0.4 is 4.74 Å². The molecule has 0 atom stereocenters. The van der Waals surface area contributed by atoms with Gasteiger partial charge in [0.15, 0.2) is 0 Å². The Morgan fingerprint density at radius 2 is 1.80 bits per heavy atom. The molecule has 0 aromatic heterocycles. The zero-order chi connectivity index (χ0) is 11.4. The summed E-state index contributed by atoms with van der Waals surface area (Å²) in [7, 11) is 0. The summed E-state index contributed by atoms with van der Waals surface area (Å²) in [6.45, 7) is 0.240. The molecule has 0 radical (unpaired) electrons. The smallest absolute Gasteiger partial charge is 0.148 e. The molecule has 82 valence electrons. The monoisotopic (exact) mass is 436 g/mol. The summed E-state index contributed by atoms with van der Waals surface area (Å²) in [6.07, 6.45) is 0. The Morgan fingerprint density at radius 1 is 1.27 bits per heavy atom. The molecule has 0 bridgehead atoms. The Bertz CT molecular complexity index is 370. The molecule has 1 nitrogen and oxygen atoms in total. The lowest BCUT2D eigenvalue weighted by atomic mass is 10.3.